The summed E-state index contributed by atoms with van der Waals surface area (Å²) in [6, 6.07) is 5.59. The van der Waals surface area contributed by atoms with Crippen LogP contribution in [0.2, 0.25) is 0 Å². The first-order valence-electron chi connectivity index (χ1n) is 7.56. The lowest BCUT2D eigenvalue weighted by atomic mass is 10.1. The summed E-state index contributed by atoms with van der Waals surface area (Å²) in [7, 11) is 0. The molecule has 3 N–H and O–H groups in total. The van der Waals surface area contributed by atoms with E-state index >= 15 is 0 Å². The van der Waals surface area contributed by atoms with E-state index in [1.807, 2.05) is 25.1 Å². The lowest BCUT2D eigenvalue weighted by Crippen LogP contribution is -2.16. The van der Waals surface area contributed by atoms with Crippen molar-refractivity contribution in [2.75, 3.05) is 11.9 Å². The molecule has 1 aliphatic carbocycles. The van der Waals surface area contributed by atoms with Gasteiger partial charge in [-0.1, -0.05) is 6.92 Å². The van der Waals surface area contributed by atoms with E-state index in [-0.39, 0.29) is 5.91 Å². The van der Waals surface area contributed by atoms with E-state index in [1.165, 1.54) is 0 Å². The van der Waals surface area contributed by atoms with Gasteiger partial charge in [-0.05, 0) is 49.9 Å². The smallest absolute Gasteiger partial charge is 0.224 e. The van der Waals surface area contributed by atoms with Crippen molar-refractivity contribution in [2.45, 2.75) is 38.5 Å². The van der Waals surface area contributed by atoms with E-state index < -0.39 is 0 Å². The fourth-order valence-electron chi connectivity index (χ4n) is 2.25. The topological polar surface area (TPSA) is 81.2 Å². The summed E-state index contributed by atoms with van der Waals surface area (Å²) in [6.07, 6.45) is 3.62. The molecule has 21 heavy (non-hydrogen) atoms. The number of anilines is 1. The second kappa shape index (κ2) is 5.85. The molecular formula is C16H21N3O2. The van der Waals surface area contributed by atoms with Crippen molar-refractivity contribution in [2.24, 2.45) is 11.7 Å². The minimum absolute atomic E-state index is 0.0144. The molecule has 1 unspecified atom stereocenters. The first-order valence-corrected chi connectivity index (χ1v) is 7.56. The molecule has 112 valence electrons. The Morgan fingerprint density at radius 1 is 1.52 bits per heavy atom. The molecule has 1 heterocycles. The van der Waals surface area contributed by atoms with Gasteiger partial charge in [-0.3, -0.25) is 4.79 Å². The maximum atomic E-state index is 11.9. The number of rotatable bonds is 6. The van der Waals surface area contributed by atoms with Crippen molar-refractivity contribution in [3.05, 3.63) is 24.1 Å². The van der Waals surface area contributed by atoms with Gasteiger partial charge in [0.2, 0.25) is 5.91 Å². The summed E-state index contributed by atoms with van der Waals surface area (Å²) < 4.78 is 5.71. The molecular weight excluding hydrogens is 266 g/mol. The molecule has 1 aromatic carbocycles. The van der Waals surface area contributed by atoms with Crippen LogP contribution in [0.4, 0.5) is 5.69 Å². The number of hydrogen-bond acceptors (Lipinski definition) is 4. The van der Waals surface area contributed by atoms with Crippen molar-refractivity contribution in [3.8, 4) is 0 Å². The molecule has 0 saturated heterocycles. The summed E-state index contributed by atoms with van der Waals surface area (Å²) >= 11 is 0. The summed E-state index contributed by atoms with van der Waals surface area (Å²) in [5.74, 6) is 1.70. The summed E-state index contributed by atoms with van der Waals surface area (Å²) in [4.78, 5) is 16.4. The van der Waals surface area contributed by atoms with Crippen LogP contribution in [0.25, 0.3) is 11.1 Å². The molecule has 1 fully saturated rings. The third-order valence-corrected chi connectivity index (χ3v) is 3.88. The zero-order valence-corrected chi connectivity index (χ0v) is 12.3. The van der Waals surface area contributed by atoms with Gasteiger partial charge in [0.05, 0.1) is 0 Å². The maximum Gasteiger partial charge on any atom is 0.224 e. The fourth-order valence-corrected chi connectivity index (χ4v) is 2.25. The van der Waals surface area contributed by atoms with Crippen molar-refractivity contribution in [3.63, 3.8) is 0 Å². The van der Waals surface area contributed by atoms with E-state index in [1.54, 1.807) is 0 Å². The molecule has 1 aliphatic rings. The van der Waals surface area contributed by atoms with E-state index in [4.69, 9.17) is 10.2 Å². The third-order valence-electron chi connectivity index (χ3n) is 3.88. The average molecular weight is 287 g/mol. The molecule has 1 saturated carbocycles. The number of carbonyl (C=O) groups is 1. The SMILES string of the molecule is CC(CN)CCC(=O)Nc1ccc2oc(C3CC3)nc2c1. The molecule has 1 atom stereocenters. The van der Waals surface area contributed by atoms with Gasteiger partial charge in [-0.2, -0.15) is 0 Å². The summed E-state index contributed by atoms with van der Waals surface area (Å²) in [6.45, 7) is 2.66. The van der Waals surface area contributed by atoms with Crippen LogP contribution in [-0.2, 0) is 4.79 Å². The minimum atomic E-state index is 0.0144. The molecule has 2 aromatic rings. The zero-order chi connectivity index (χ0) is 14.8. The number of nitrogens with one attached hydrogen (secondary N) is 1. The molecule has 5 heteroatoms. The number of hydrogen-bond donors (Lipinski definition) is 2. The van der Waals surface area contributed by atoms with Gasteiger partial charge in [0.25, 0.3) is 0 Å². The Labute approximate surface area is 123 Å². The molecule has 1 amide bonds. The van der Waals surface area contributed by atoms with Crippen LogP contribution in [0.3, 0.4) is 0 Å². The van der Waals surface area contributed by atoms with Gasteiger partial charge < -0.3 is 15.5 Å². The molecule has 0 aliphatic heterocycles. The van der Waals surface area contributed by atoms with Crippen LogP contribution >= 0.6 is 0 Å². The van der Waals surface area contributed by atoms with Crippen LogP contribution in [0.5, 0.6) is 0 Å². The van der Waals surface area contributed by atoms with Crippen LogP contribution < -0.4 is 11.1 Å². The van der Waals surface area contributed by atoms with Gasteiger partial charge in [0, 0.05) is 18.0 Å². The number of nitrogens with two attached hydrogens (primary N) is 1. The number of amides is 1. The van der Waals surface area contributed by atoms with Crippen LogP contribution in [-0.4, -0.2) is 17.4 Å². The van der Waals surface area contributed by atoms with E-state index in [2.05, 4.69) is 10.3 Å². The van der Waals surface area contributed by atoms with Gasteiger partial charge in [-0.25, -0.2) is 4.98 Å². The number of aromatic nitrogens is 1. The summed E-state index contributed by atoms with van der Waals surface area (Å²) in [5.41, 5.74) is 7.92. The molecule has 0 radical (unpaired) electrons. The zero-order valence-electron chi connectivity index (χ0n) is 12.3. The average Bonchev–Trinajstić information content (AvgIpc) is 3.24. The first-order chi connectivity index (χ1) is 10.2. The van der Waals surface area contributed by atoms with E-state index in [9.17, 15) is 4.79 Å². The van der Waals surface area contributed by atoms with Crippen molar-refractivity contribution < 1.29 is 9.21 Å². The Bertz CT molecular complexity index is 646. The third kappa shape index (κ3) is 3.42. The maximum absolute atomic E-state index is 11.9. The number of oxazole rings is 1. The molecule has 3 rings (SSSR count). The van der Waals surface area contributed by atoms with Crippen molar-refractivity contribution >= 4 is 22.7 Å². The van der Waals surface area contributed by atoms with Gasteiger partial charge in [0.1, 0.15) is 5.52 Å². The standard InChI is InChI=1S/C16H21N3O2/c1-10(9-17)2-7-15(20)18-12-5-6-14-13(8-12)19-16(21-14)11-3-4-11/h5-6,8,10-11H,2-4,7,9,17H2,1H3,(H,18,20). The van der Waals surface area contributed by atoms with Crippen molar-refractivity contribution in [1.82, 2.24) is 4.98 Å². The predicted octanol–water partition coefficient (Wildman–Crippen LogP) is 3.02. The Morgan fingerprint density at radius 2 is 2.33 bits per heavy atom. The highest BCUT2D eigenvalue weighted by molar-refractivity contribution is 5.92. The van der Waals surface area contributed by atoms with Gasteiger partial charge in [0.15, 0.2) is 11.5 Å². The number of benzene rings is 1. The normalized spacial score (nSPS) is 16.1. The molecule has 5 nitrogen and oxygen atoms in total. The Morgan fingerprint density at radius 3 is 3.05 bits per heavy atom. The largest absolute Gasteiger partial charge is 0.440 e. The molecule has 0 spiro atoms. The second-order valence-corrected chi connectivity index (χ2v) is 5.94. The van der Waals surface area contributed by atoms with Crippen LogP contribution in [0.1, 0.15) is 44.4 Å². The predicted molar refractivity (Wildman–Crippen MR) is 82.1 cm³/mol. The highest BCUT2D eigenvalue weighted by atomic mass is 16.3. The number of fused-ring (bicyclic) bond motifs is 1. The van der Waals surface area contributed by atoms with E-state index in [0.29, 0.717) is 24.8 Å². The monoisotopic (exact) mass is 287 g/mol. The minimum Gasteiger partial charge on any atom is -0.440 e. The molecule has 0 bridgehead atoms. The van der Waals surface area contributed by atoms with Gasteiger partial charge >= 0.3 is 0 Å². The Hall–Kier alpha value is -1.88. The van der Waals surface area contributed by atoms with Gasteiger partial charge in [-0.15, -0.1) is 0 Å². The van der Waals surface area contributed by atoms with Crippen LogP contribution in [0.15, 0.2) is 22.6 Å². The number of nitrogens with zero attached hydrogens (tertiary/aromatic N) is 1. The van der Waals surface area contributed by atoms with Crippen LogP contribution in [0, 0.1) is 5.92 Å². The lowest BCUT2D eigenvalue weighted by Gasteiger charge is -2.08. The first kappa shape index (κ1) is 14.1. The quantitative estimate of drug-likeness (QED) is 0.855. The van der Waals surface area contributed by atoms with Crippen molar-refractivity contribution in [1.29, 1.82) is 0 Å². The second-order valence-electron chi connectivity index (χ2n) is 5.94. The number of carbonyl (C=O) groups excluding carboxylic acids is 1. The highest BCUT2D eigenvalue weighted by Gasteiger charge is 2.28. The molecule has 1 aromatic heterocycles. The lowest BCUT2D eigenvalue weighted by molar-refractivity contribution is -0.116. The summed E-state index contributed by atoms with van der Waals surface area (Å²) in [5, 5.41) is 2.91. The van der Waals surface area contributed by atoms with E-state index in [0.717, 1.165) is 41.9 Å². The highest BCUT2D eigenvalue weighted by Crippen LogP contribution is 2.40. The Balaban J connectivity index is 1.65. The fraction of sp³-hybridized carbons (Fsp3) is 0.500. The Kier molecular flexibility index (Phi) is 3.92.